The average Bonchev–Trinajstić information content (AvgIpc) is 2.77. The number of halogens is 1. The number of likely N-dealkylation sites (N-methyl/N-ethyl adjacent to an activating group) is 1. The lowest BCUT2D eigenvalue weighted by Gasteiger charge is -2.25. The highest BCUT2D eigenvalue weighted by molar-refractivity contribution is 5.78. The van der Waals surface area contributed by atoms with Crippen molar-refractivity contribution >= 4 is 5.91 Å². The van der Waals surface area contributed by atoms with Gasteiger partial charge in [0.15, 0.2) is 6.61 Å². The molecule has 1 unspecified atom stereocenters. The number of nitrogens with zero attached hydrogens (tertiary/aromatic N) is 3. The number of ether oxygens (including phenoxy) is 1. The molecule has 23 heavy (non-hydrogen) atoms. The standard InChI is InChI=1S/C17H22FN3O2/c1-11-17(13(3)21(5)19-11)12(2)20(4)16(22)10-23-15-8-6-14(18)7-9-15/h6-9,12H,10H2,1-5H3. The molecule has 0 fully saturated rings. The maximum atomic E-state index is 12.8. The van der Waals surface area contributed by atoms with Crippen LogP contribution in [0.3, 0.4) is 0 Å². The topological polar surface area (TPSA) is 47.4 Å². The molecular weight excluding hydrogens is 297 g/mol. The zero-order valence-corrected chi connectivity index (χ0v) is 14.1. The Morgan fingerprint density at radius 3 is 2.48 bits per heavy atom. The predicted octanol–water partition coefficient (Wildman–Crippen LogP) is 2.77. The largest absolute Gasteiger partial charge is 0.484 e. The van der Waals surface area contributed by atoms with Crippen LogP contribution in [0, 0.1) is 19.7 Å². The molecule has 0 radical (unpaired) electrons. The van der Waals surface area contributed by atoms with Crippen molar-refractivity contribution in [3.8, 4) is 5.75 Å². The third kappa shape index (κ3) is 3.70. The average molecular weight is 319 g/mol. The Bertz CT molecular complexity index is 695. The normalized spacial score (nSPS) is 12.1. The Hall–Kier alpha value is -2.37. The second kappa shape index (κ2) is 6.81. The van der Waals surface area contributed by atoms with Gasteiger partial charge in [-0.15, -0.1) is 0 Å². The SMILES string of the molecule is Cc1nn(C)c(C)c1C(C)N(C)C(=O)COc1ccc(F)cc1. The summed E-state index contributed by atoms with van der Waals surface area (Å²) in [4.78, 5) is 14.0. The van der Waals surface area contributed by atoms with Crippen LogP contribution in [0.2, 0.25) is 0 Å². The monoisotopic (exact) mass is 319 g/mol. The molecule has 0 saturated carbocycles. The molecule has 1 amide bonds. The summed E-state index contributed by atoms with van der Waals surface area (Å²) < 4.78 is 20.1. The minimum absolute atomic E-state index is 0.0924. The highest BCUT2D eigenvalue weighted by Crippen LogP contribution is 2.25. The summed E-state index contributed by atoms with van der Waals surface area (Å²) >= 11 is 0. The fraction of sp³-hybridized carbons (Fsp3) is 0.412. The summed E-state index contributed by atoms with van der Waals surface area (Å²) in [6.45, 7) is 5.79. The van der Waals surface area contributed by atoms with E-state index in [1.807, 2.05) is 32.5 Å². The van der Waals surface area contributed by atoms with Gasteiger partial charge in [-0.25, -0.2) is 4.39 Å². The summed E-state index contributed by atoms with van der Waals surface area (Å²) in [6.07, 6.45) is 0. The first kappa shape index (κ1) is 17.0. The van der Waals surface area contributed by atoms with Crippen LogP contribution < -0.4 is 4.74 Å². The van der Waals surface area contributed by atoms with Crippen molar-refractivity contribution in [2.24, 2.45) is 7.05 Å². The highest BCUT2D eigenvalue weighted by Gasteiger charge is 2.23. The first-order valence-corrected chi connectivity index (χ1v) is 7.45. The Balaban J connectivity index is 2.02. The minimum Gasteiger partial charge on any atom is -0.484 e. The summed E-state index contributed by atoms with van der Waals surface area (Å²) in [6, 6.07) is 5.50. The van der Waals surface area contributed by atoms with E-state index in [0.717, 1.165) is 17.0 Å². The van der Waals surface area contributed by atoms with Gasteiger partial charge in [-0.3, -0.25) is 9.48 Å². The van der Waals surface area contributed by atoms with Crippen LogP contribution in [0.1, 0.15) is 29.9 Å². The number of carbonyl (C=O) groups is 1. The zero-order valence-electron chi connectivity index (χ0n) is 14.1. The molecule has 0 aliphatic carbocycles. The number of hydrogen-bond acceptors (Lipinski definition) is 3. The van der Waals surface area contributed by atoms with E-state index >= 15 is 0 Å². The third-order valence-electron chi connectivity index (χ3n) is 4.13. The quantitative estimate of drug-likeness (QED) is 0.851. The van der Waals surface area contributed by atoms with Crippen LogP contribution in [-0.4, -0.2) is 34.2 Å². The molecule has 0 aliphatic rings. The van der Waals surface area contributed by atoms with Gasteiger partial charge in [0.2, 0.25) is 0 Å². The van der Waals surface area contributed by atoms with Crippen LogP contribution >= 0.6 is 0 Å². The second-order valence-corrected chi connectivity index (χ2v) is 5.63. The molecule has 2 rings (SSSR count). The van der Waals surface area contributed by atoms with Crippen molar-refractivity contribution in [1.29, 1.82) is 0 Å². The van der Waals surface area contributed by atoms with Gasteiger partial charge in [-0.05, 0) is 45.0 Å². The molecule has 1 aromatic carbocycles. The van der Waals surface area contributed by atoms with Gasteiger partial charge in [0.05, 0.1) is 11.7 Å². The van der Waals surface area contributed by atoms with Crippen LogP contribution in [0.25, 0.3) is 0 Å². The van der Waals surface area contributed by atoms with Crippen molar-refractivity contribution in [3.63, 3.8) is 0 Å². The summed E-state index contributed by atoms with van der Waals surface area (Å²) in [7, 11) is 3.63. The van der Waals surface area contributed by atoms with Crippen molar-refractivity contribution in [2.75, 3.05) is 13.7 Å². The molecule has 1 heterocycles. The summed E-state index contributed by atoms with van der Waals surface area (Å²) in [5, 5.41) is 4.39. The lowest BCUT2D eigenvalue weighted by atomic mass is 10.1. The fourth-order valence-corrected chi connectivity index (χ4v) is 2.58. The number of aromatic nitrogens is 2. The molecule has 0 spiro atoms. The van der Waals surface area contributed by atoms with Crippen LogP contribution in [-0.2, 0) is 11.8 Å². The van der Waals surface area contributed by atoms with E-state index in [2.05, 4.69) is 5.10 Å². The van der Waals surface area contributed by atoms with Crippen LogP contribution in [0.5, 0.6) is 5.75 Å². The van der Waals surface area contributed by atoms with Crippen molar-refractivity contribution in [1.82, 2.24) is 14.7 Å². The molecule has 5 nitrogen and oxygen atoms in total. The smallest absolute Gasteiger partial charge is 0.260 e. The molecular formula is C17H22FN3O2. The number of amides is 1. The van der Waals surface area contributed by atoms with Crippen molar-refractivity contribution < 1.29 is 13.9 Å². The van der Waals surface area contributed by atoms with Crippen molar-refractivity contribution in [2.45, 2.75) is 26.8 Å². The molecule has 0 bridgehead atoms. The Labute approximate surface area is 135 Å². The minimum atomic E-state index is -0.336. The number of hydrogen-bond donors (Lipinski definition) is 0. The summed E-state index contributed by atoms with van der Waals surface area (Å²) in [5.74, 6) is -0.0176. The van der Waals surface area contributed by atoms with Crippen molar-refractivity contribution in [3.05, 3.63) is 47.0 Å². The third-order valence-corrected chi connectivity index (χ3v) is 4.13. The van der Waals surface area contributed by atoms with Gasteiger partial charge in [0.1, 0.15) is 11.6 Å². The van der Waals surface area contributed by atoms with E-state index in [-0.39, 0.29) is 24.4 Å². The first-order chi connectivity index (χ1) is 10.8. The Kier molecular flexibility index (Phi) is 5.03. The van der Waals surface area contributed by atoms with E-state index in [1.165, 1.54) is 24.3 Å². The van der Waals surface area contributed by atoms with E-state index in [9.17, 15) is 9.18 Å². The second-order valence-electron chi connectivity index (χ2n) is 5.63. The van der Waals surface area contributed by atoms with Crippen LogP contribution in [0.4, 0.5) is 4.39 Å². The molecule has 1 aromatic heterocycles. The number of benzene rings is 1. The van der Waals surface area contributed by atoms with E-state index in [4.69, 9.17) is 4.74 Å². The molecule has 6 heteroatoms. The molecule has 0 N–H and O–H groups in total. The fourth-order valence-electron chi connectivity index (χ4n) is 2.58. The molecule has 0 saturated heterocycles. The van der Waals surface area contributed by atoms with E-state index in [0.29, 0.717) is 5.75 Å². The van der Waals surface area contributed by atoms with Gasteiger partial charge in [0, 0.05) is 25.4 Å². The van der Waals surface area contributed by atoms with Gasteiger partial charge < -0.3 is 9.64 Å². The zero-order chi connectivity index (χ0) is 17.1. The molecule has 2 aromatic rings. The lowest BCUT2D eigenvalue weighted by Crippen LogP contribution is -2.34. The van der Waals surface area contributed by atoms with Gasteiger partial charge in [0.25, 0.3) is 5.91 Å². The van der Waals surface area contributed by atoms with Gasteiger partial charge in [-0.2, -0.15) is 5.10 Å². The highest BCUT2D eigenvalue weighted by atomic mass is 19.1. The van der Waals surface area contributed by atoms with E-state index < -0.39 is 0 Å². The predicted molar refractivity (Wildman–Crippen MR) is 85.8 cm³/mol. The molecule has 0 aliphatic heterocycles. The number of aryl methyl sites for hydroxylation is 2. The Morgan fingerprint density at radius 2 is 1.96 bits per heavy atom. The lowest BCUT2D eigenvalue weighted by molar-refractivity contribution is -0.134. The maximum absolute atomic E-state index is 12.8. The number of carbonyl (C=O) groups excluding carboxylic acids is 1. The van der Waals surface area contributed by atoms with Crippen LogP contribution in [0.15, 0.2) is 24.3 Å². The molecule has 1 atom stereocenters. The Morgan fingerprint density at radius 1 is 1.35 bits per heavy atom. The summed E-state index contributed by atoms with van der Waals surface area (Å²) in [5.41, 5.74) is 3.00. The molecule has 124 valence electrons. The first-order valence-electron chi connectivity index (χ1n) is 7.45. The van der Waals surface area contributed by atoms with E-state index in [1.54, 1.807) is 11.9 Å². The van der Waals surface area contributed by atoms with Gasteiger partial charge in [-0.1, -0.05) is 0 Å². The number of rotatable bonds is 5. The van der Waals surface area contributed by atoms with Gasteiger partial charge >= 0.3 is 0 Å². The maximum Gasteiger partial charge on any atom is 0.260 e.